The van der Waals surface area contributed by atoms with Gasteiger partial charge in [-0.1, -0.05) is 0 Å². The second-order valence-electron chi connectivity index (χ2n) is 3.75. The number of nitrogens with two attached hydrogens (primary N) is 1. The first-order chi connectivity index (χ1) is 7.25. The van der Waals surface area contributed by atoms with Gasteiger partial charge in [0, 0.05) is 19.0 Å². The molecular weight excluding hydrogens is 192 g/mol. The van der Waals surface area contributed by atoms with Gasteiger partial charge in [0.2, 0.25) is 5.88 Å². The smallest absolute Gasteiger partial charge is 0.237 e. The zero-order valence-corrected chi connectivity index (χ0v) is 8.48. The van der Waals surface area contributed by atoms with Gasteiger partial charge in [0.25, 0.3) is 0 Å². The largest absolute Gasteiger partial charge is 0.473 e. The molecule has 4 heteroatoms. The van der Waals surface area contributed by atoms with Gasteiger partial charge in [-0.2, -0.15) is 0 Å². The van der Waals surface area contributed by atoms with E-state index < -0.39 is 0 Å². The second kappa shape index (κ2) is 4.29. The van der Waals surface area contributed by atoms with Crippen molar-refractivity contribution >= 4 is 11.5 Å². The van der Waals surface area contributed by atoms with Gasteiger partial charge in [0.1, 0.15) is 11.9 Å². The van der Waals surface area contributed by atoms with Crippen LogP contribution in [-0.4, -0.2) is 16.9 Å². The SMILES string of the molecule is Nc1cccnc1OC1CCC(=O)CC1. The van der Waals surface area contributed by atoms with Crippen LogP contribution in [0.5, 0.6) is 5.88 Å². The maximum Gasteiger partial charge on any atom is 0.237 e. The van der Waals surface area contributed by atoms with Crippen molar-refractivity contribution in [3.63, 3.8) is 0 Å². The normalized spacial score (nSPS) is 17.7. The van der Waals surface area contributed by atoms with E-state index >= 15 is 0 Å². The number of anilines is 1. The number of ether oxygens (including phenoxy) is 1. The van der Waals surface area contributed by atoms with Gasteiger partial charge in [-0.05, 0) is 25.0 Å². The molecule has 1 aromatic rings. The minimum atomic E-state index is 0.0832. The summed E-state index contributed by atoms with van der Waals surface area (Å²) in [5.41, 5.74) is 6.26. The van der Waals surface area contributed by atoms with Crippen LogP contribution in [0.2, 0.25) is 0 Å². The van der Waals surface area contributed by atoms with Crippen molar-refractivity contribution in [2.24, 2.45) is 0 Å². The number of carbonyl (C=O) groups excluding carboxylic acids is 1. The maximum absolute atomic E-state index is 11.0. The molecule has 1 fully saturated rings. The highest BCUT2D eigenvalue weighted by molar-refractivity contribution is 5.79. The Morgan fingerprint density at radius 2 is 2.13 bits per heavy atom. The van der Waals surface area contributed by atoms with E-state index in [0.717, 1.165) is 12.8 Å². The summed E-state index contributed by atoms with van der Waals surface area (Å²) in [5, 5.41) is 0. The molecule has 0 atom stereocenters. The third kappa shape index (κ3) is 2.46. The molecule has 80 valence electrons. The third-order valence-corrected chi connectivity index (χ3v) is 2.57. The van der Waals surface area contributed by atoms with Crippen LogP contribution in [-0.2, 0) is 4.79 Å². The summed E-state index contributed by atoms with van der Waals surface area (Å²) in [6.07, 6.45) is 4.50. The van der Waals surface area contributed by atoms with Crippen LogP contribution in [0.25, 0.3) is 0 Å². The second-order valence-corrected chi connectivity index (χ2v) is 3.75. The molecule has 2 rings (SSSR count). The lowest BCUT2D eigenvalue weighted by molar-refractivity contribution is -0.121. The van der Waals surface area contributed by atoms with E-state index in [0.29, 0.717) is 30.2 Å². The number of nitrogen functional groups attached to an aromatic ring is 1. The lowest BCUT2D eigenvalue weighted by Crippen LogP contribution is -2.24. The van der Waals surface area contributed by atoms with Crippen LogP contribution in [0.4, 0.5) is 5.69 Å². The first-order valence-electron chi connectivity index (χ1n) is 5.14. The molecule has 4 nitrogen and oxygen atoms in total. The van der Waals surface area contributed by atoms with Gasteiger partial charge < -0.3 is 10.5 Å². The fourth-order valence-electron chi connectivity index (χ4n) is 1.69. The standard InChI is InChI=1S/C11H14N2O2/c12-10-2-1-7-13-11(10)15-9-5-3-8(14)4-6-9/h1-2,7,9H,3-6,12H2. The monoisotopic (exact) mass is 206 g/mol. The molecule has 0 aromatic carbocycles. The van der Waals surface area contributed by atoms with E-state index in [1.165, 1.54) is 0 Å². The summed E-state index contributed by atoms with van der Waals surface area (Å²) in [4.78, 5) is 15.1. The molecular formula is C11H14N2O2. The quantitative estimate of drug-likeness (QED) is 0.797. The van der Waals surface area contributed by atoms with Crippen molar-refractivity contribution in [3.05, 3.63) is 18.3 Å². The third-order valence-electron chi connectivity index (χ3n) is 2.57. The Hall–Kier alpha value is -1.58. The number of pyridine rings is 1. The van der Waals surface area contributed by atoms with Crippen LogP contribution in [0.1, 0.15) is 25.7 Å². The molecule has 0 saturated heterocycles. The Bertz CT molecular complexity index is 355. The fraction of sp³-hybridized carbons (Fsp3) is 0.455. The number of nitrogens with zero attached hydrogens (tertiary/aromatic N) is 1. The predicted octanol–water partition coefficient (Wildman–Crippen LogP) is 1.55. The summed E-state index contributed by atoms with van der Waals surface area (Å²) >= 11 is 0. The summed E-state index contributed by atoms with van der Waals surface area (Å²) < 4.78 is 5.65. The van der Waals surface area contributed by atoms with E-state index in [9.17, 15) is 4.79 Å². The van der Waals surface area contributed by atoms with E-state index in [1.54, 1.807) is 18.3 Å². The molecule has 0 spiro atoms. The van der Waals surface area contributed by atoms with E-state index in [2.05, 4.69) is 4.98 Å². The summed E-state index contributed by atoms with van der Waals surface area (Å²) in [6.45, 7) is 0. The van der Waals surface area contributed by atoms with Crippen LogP contribution in [0.3, 0.4) is 0 Å². The van der Waals surface area contributed by atoms with Crippen LogP contribution in [0.15, 0.2) is 18.3 Å². The Labute approximate surface area is 88.4 Å². The molecule has 15 heavy (non-hydrogen) atoms. The molecule has 0 bridgehead atoms. The number of Topliss-reactive ketones (excluding diaryl/α,β-unsaturated/α-hetero) is 1. The van der Waals surface area contributed by atoms with Gasteiger partial charge in [-0.15, -0.1) is 0 Å². The molecule has 0 unspecified atom stereocenters. The van der Waals surface area contributed by atoms with Crippen molar-refractivity contribution in [2.45, 2.75) is 31.8 Å². The molecule has 1 aliphatic carbocycles. The number of rotatable bonds is 2. The summed E-state index contributed by atoms with van der Waals surface area (Å²) in [7, 11) is 0. The van der Waals surface area contributed by atoms with Gasteiger partial charge >= 0.3 is 0 Å². The average Bonchev–Trinajstić information content (AvgIpc) is 2.25. The number of hydrogen-bond acceptors (Lipinski definition) is 4. The minimum absolute atomic E-state index is 0.0832. The van der Waals surface area contributed by atoms with Crippen molar-refractivity contribution < 1.29 is 9.53 Å². The average molecular weight is 206 g/mol. The number of carbonyl (C=O) groups is 1. The molecule has 1 aliphatic rings. The van der Waals surface area contributed by atoms with Crippen molar-refractivity contribution in [2.75, 3.05) is 5.73 Å². The molecule has 2 N–H and O–H groups in total. The first-order valence-corrected chi connectivity index (χ1v) is 5.14. The zero-order valence-electron chi connectivity index (χ0n) is 8.48. The molecule has 0 aliphatic heterocycles. The van der Waals surface area contributed by atoms with E-state index in [4.69, 9.17) is 10.5 Å². The first kappa shape index (κ1) is 9.96. The Balaban J connectivity index is 1.97. The number of aromatic nitrogens is 1. The summed E-state index contributed by atoms with van der Waals surface area (Å²) in [6, 6.07) is 3.53. The van der Waals surface area contributed by atoms with Crippen LogP contribution >= 0.6 is 0 Å². The van der Waals surface area contributed by atoms with Gasteiger partial charge in [0.05, 0.1) is 5.69 Å². The van der Waals surface area contributed by atoms with Gasteiger partial charge in [-0.3, -0.25) is 4.79 Å². The fourth-order valence-corrected chi connectivity index (χ4v) is 1.69. The molecule has 1 saturated carbocycles. The minimum Gasteiger partial charge on any atom is -0.473 e. The molecule has 1 heterocycles. The molecule has 0 radical (unpaired) electrons. The van der Waals surface area contributed by atoms with Gasteiger partial charge in [0.15, 0.2) is 0 Å². The van der Waals surface area contributed by atoms with Crippen LogP contribution in [0, 0.1) is 0 Å². The predicted molar refractivity (Wildman–Crippen MR) is 56.5 cm³/mol. The Morgan fingerprint density at radius 3 is 2.80 bits per heavy atom. The van der Waals surface area contributed by atoms with E-state index in [-0.39, 0.29) is 6.10 Å². The van der Waals surface area contributed by atoms with Crippen molar-refractivity contribution in [1.82, 2.24) is 4.98 Å². The highest BCUT2D eigenvalue weighted by atomic mass is 16.5. The van der Waals surface area contributed by atoms with Crippen LogP contribution < -0.4 is 10.5 Å². The molecule has 1 aromatic heterocycles. The maximum atomic E-state index is 11.0. The molecule has 0 amide bonds. The Morgan fingerprint density at radius 1 is 1.40 bits per heavy atom. The van der Waals surface area contributed by atoms with E-state index in [1.807, 2.05) is 0 Å². The lowest BCUT2D eigenvalue weighted by atomic mass is 9.96. The van der Waals surface area contributed by atoms with Gasteiger partial charge in [-0.25, -0.2) is 4.98 Å². The number of hydrogen-bond donors (Lipinski definition) is 1. The van der Waals surface area contributed by atoms with Crippen molar-refractivity contribution in [3.8, 4) is 5.88 Å². The van der Waals surface area contributed by atoms with Crippen molar-refractivity contribution in [1.29, 1.82) is 0 Å². The topological polar surface area (TPSA) is 65.2 Å². The highest BCUT2D eigenvalue weighted by Gasteiger charge is 2.20. The zero-order chi connectivity index (χ0) is 10.7. The Kier molecular flexibility index (Phi) is 2.85. The highest BCUT2D eigenvalue weighted by Crippen LogP contribution is 2.23. The number of ketones is 1. The lowest BCUT2D eigenvalue weighted by Gasteiger charge is -2.22. The summed E-state index contributed by atoms with van der Waals surface area (Å²) in [5.74, 6) is 0.806.